The Balaban J connectivity index is 0.00000676. The molecule has 0 amide bonds. The monoisotopic (exact) mass is 492 g/mol. The van der Waals surface area contributed by atoms with Crippen molar-refractivity contribution in [3.63, 3.8) is 0 Å². The van der Waals surface area contributed by atoms with E-state index >= 15 is 0 Å². The maximum atomic E-state index is 4.72. The number of imidazole rings is 1. The van der Waals surface area contributed by atoms with E-state index in [0.29, 0.717) is 12.1 Å². The zero-order chi connectivity index (χ0) is 19.4. The highest BCUT2D eigenvalue weighted by atomic mass is 127. The number of halogens is 1. The summed E-state index contributed by atoms with van der Waals surface area (Å²) in [6, 6.07) is 1.17. The van der Waals surface area contributed by atoms with Crippen LogP contribution in [0.15, 0.2) is 17.4 Å². The third kappa shape index (κ3) is 10.9. The fourth-order valence-corrected chi connectivity index (χ4v) is 3.15. The van der Waals surface area contributed by atoms with Crippen LogP contribution in [0.25, 0.3) is 0 Å². The maximum absolute atomic E-state index is 4.72. The third-order valence-corrected chi connectivity index (χ3v) is 4.56. The summed E-state index contributed by atoms with van der Waals surface area (Å²) in [6.45, 7) is 18.0. The van der Waals surface area contributed by atoms with Crippen molar-refractivity contribution in [2.45, 2.75) is 79.4 Å². The Morgan fingerprint density at radius 2 is 1.85 bits per heavy atom. The molecule has 0 spiro atoms. The predicted molar refractivity (Wildman–Crippen MR) is 127 cm³/mol. The number of nitrogens with zero attached hydrogens (tertiary/aromatic N) is 4. The van der Waals surface area contributed by atoms with Crippen LogP contribution in [0.1, 0.15) is 59.7 Å². The molecular weight excluding hydrogens is 451 g/mol. The van der Waals surface area contributed by atoms with Gasteiger partial charge in [-0.05, 0) is 60.8 Å². The first-order valence-corrected chi connectivity index (χ1v) is 10.2. The SMILES string of the molecule is CCNC(=NCCCN(C(C)C)C(C)C)NCCCCn1ccnc1C.I. The van der Waals surface area contributed by atoms with Gasteiger partial charge in [0, 0.05) is 57.2 Å². The fraction of sp³-hybridized carbons (Fsp3) is 0.800. The van der Waals surface area contributed by atoms with Crippen molar-refractivity contribution in [2.24, 2.45) is 4.99 Å². The first-order chi connectivity index (χ1) is 12.5. The molecule has 0 unspecified atom stereocenters. The Hall–Kier alpha value is -0.830. The van der Waals surface area contributed by atoms with Crippen molar-refractivity contribution in [3.05, 3.63) is 18.2 Å². The van der Waals surface area contributed by atoms with Gasteiger partial charge in [-0.3, -0.25) is 9.89 Å². The molecule has 1 aromatic heterocycles. The highest BCUT2D eigenvalue weighted by molar-refractivity contribution is 14.0. The molecule has 1 rings (SSSR count). The van der Waals surface area contributed by atoms with E-state index in [1.807, 2.05) is 19.3 Å². The number of aromatic nitrogens is 2. The Kier molecular flexibility index (Phi) is 14.7. The summed E-state index contributed by atoms with van der Waals surface area (Å²) < 4.78 is 2.20. The number of hydrogen-bond acceptors (Lipinski definition) is 3. The highest BCUT2D eigenvalue weighted by Gasteiger charge is 2.12. The number of rotatable bonds is 12. The smallest absolute Gasteiger partial charge is 0.191 e. The van der Waals surface area contributed by atoms with Gasteiger partial charge in [0.1, 0.15) is 5.82 Å². The van der Waals surface area contributed by atoms with Gasteiger partial charge in [-0.15, -0.1) is 24.0 Å². The molecule has 2 N–H and O–H groups in total. The predicted octanol–water partition coefficient (Wildman–Crippen LogP) is 3.65. The lowest BCUT2D eigenvalue weighted by atomic mass is 10.2. The van der Waals surface area contributed by atoms with Crippen LogP contribution in [0.3, 0.4) is 0 Å². The van der Waals surface area contributed by atoms with Crippen LogP contribution < -0.4 is 10.6 Å². The largest absolute Gasteiger partial charge is 0.357 e. The van der Waals surface area contributed by atoms with Crippen LogP contribution in [-0.4, -0.2) is 58.7 Å². The van der Waals surface area contributed by atoms with E-state index in [1.165, 1.54) is 0 Å². The molecule has 27 heavy (non-hydrogen) atoms. The quantitative estimate of drug-likeness (QED) is 0.203. The topological polar surface area (TPSA) is 57.5 Å². The van der Waals surface area contributed by atoms with E-state index in [1.54, 1.807) is 0 Å². The fourth-order valence-electron chi connectivity index (χ4n) is 3.15. The number of nitrogens with one attached hydrogen (secondary N) is 2. The molecule has 0 aliphatic carbocycles. The molecule has 158 valence electrons. The molecule has 0 fully saturated rings. The average molecular weight is 492 g/mol. The van der Waals surface area contributed by atoms with Crippen LogP contribution in [-0.2, 0) is 6.54 Å². The van der Waals surface area contributed by atoms with Crippen LogP contribution >= 0.6 is 24.0 Å². The number of aryl methyl sites for hydroxylation is 2. The summed E-state index contributed by atoms with van der Waals surface area (Å²) in [5.41, 5.74) is 0. The van der Waals surface area contributed by atoms with Crippen molar-refractivity contribution >= 4 is 29.9 Å². The van der Waals surface area contributed by atoms with Gasteiger partial charge in [0.05, 0.1) is 0 Å². The zero-order valence-corrected chi connectivity index (χ0v) is 20.5. The lowest BCUT2D eigenvalue weighted by Gasteiger charge is -2.30. The minimum Gasteiger partial charge on any atom is -0.357 e. The van der Waals surface area contributed by atoms with E-state index < -0.39 is 0 Å². The van der Waals surface area contributed by atoms with E-state index in [0.717, 1.165) is 63.8 Å². The summed E-state index contributed by atoms with van der Waals surface area (Å²) in [5.74, 6) is 2.02. The van der Waals surface area contributed by atoms with Crippen LogP contribution in [0.2, 0.25) is 0 Å². The number of guanidine groups is 1. The molecule has 0 saturated carbocycles. The molecule has 0 bridgehead atoms. The van der Waals surface area contributed by atoms with Gasteiger partial charge >= 0.3 is 0 Å². The van der Waals surface area contributed by atoms with Gasteiger partial charge in [0.2, 0.25) is 0 Å². The summed E-state index contributed by atoms with van der Waals surface area (Å²) in [5, 5.41) is 6.79. The summed E-state index contributed by atoms with van der Waals surface area (Å²) >= 11 is 0. The summed E-state index contributed by atoms with van der Waals surface area (Å²) in [6.07, 6.45) is 7.26. The molecule has 0 saturated heterocycles. The molecule has 1 heterocycles. The van der Waals surface area contributed by atoms with Gasteiger partial charge in [-0.2, -0.15) is 0 Å². The van der Waals surface area contributed by atoms with Gasteiger partial charge in [0.15, 0.2) is 5.96 Å². The Bertz CT molecular complexity index is 504. The van der Waals surface area contributed by atoms with Crippen LogP contribution in [0.4, 0.5) is 0 Å². The van der Waals surface area contributed by atoms with Crippen molar-refractivity contribution < 1.29 is 0 Å². The second-order valence-electron chi connectivity index (χ2n) is 7.34. The first-order valence-electron chi connectivity index (χ1n) is 10.2. The highest BCUT2D eigenvalue weighted by Crippen LogP contribution is 2.05. The minimum atomic E-state index is 0. The number of hydrogen-bond donors (Lipinski definition) is 2. The van der Waals surface area contributed by atoms with Crippen molar-refractivity contribution in [3.8, 4) is 0 Å². The van der Waals surface area contributed by atoms with Gasteiger partial charge in [-0.25, -0.2) is 4.98 Å². The summed E-state index contributed by atoms with van der Waals surface area (Å²) in [7, 11) is 0. The zero-order valence-electron chi connectivity index (χ0n) is 18.2. The Morgan fingerprint density at radius 1 is 1.15 bits per heavy atom. The van der Waals surface area contributed by atoms with Gasteiger partial charge in [-0.1, -0.05) is 0 Å². The van der Waals surface area contributed by atoms with E-state index in [2.05, 4.69) is 59.7 Å². The second-order valence-corrected chi connectivity index (χ2v) is 7.34. The second kappa shape index (κ2) is 15.1. The van der Waals surface area contributed by atoms with Crippen molar-refractivity contribution in [2.75, 3.05) is 26.2 Å². The molecule has 1 aromatic rings. The van der Waals surface area contributed by atoms with Crippen LogP contribution in [0, 0.1) is 6.92 Å². The minimum absolute atomic E-state index is 0. The Labute approximate surface area is 183 Å². The Morgan fingerprint density at radius 3 is 2.41 bits per heavy atom. The normalized spacial score (nSPS) is 12.0. The molecule has 0 radical (unpaired) electrons. The van der Waals surface area contributed by atoms with E-state index in [4.69, 9.17) is 4.99 Å². The maximum Gasteiger partial charge on any atom is 0.191 e. The molecule has 0 aliphatic rings. The molecule has 0 atom stereocenters. The van der Waals surface area contributed by atoms with Crippen LogP contribution in [0.5, 0.6) is 0 Å². The average Bonchev–Trinajstić information content (AvgIpc) is 2.98. The van der Waals surface area contributed by atoms with E-state index in [-0.39, 0.29) is 24.0 Å². The molecular formula is C20H41IN6. The third-order valence-electron chi connectivity index (χ3n) is 4.56. The lowest BCUT2D eigenvalue weighted by molar-refractivity contribution is 0.174. The van der Waals surface area contributed by atoms with Gasteiger partial charge < -0.3 is 15.2 Å². The molecule has 6 nitrogen and oxygen atoms in total. The number of unbranched alkanes of at least 4 members (excludes halogenated alkanes) is 1. The standard InChI is InChI=1S/C20H40N6.HI/c1-7-21-20(24-12-10-15-26(17(2)3)18(4)5)23-11-8-9-14-25-16-13-22-19(25)6;/h13,16-18H,7-12,14-15H2,1-6H3,(H2,21,23,24);1H. The molecule has 0 aliphatic heterocycles. The lowest BCUT2D eigenvalue weighted by Crippen LogP contribution is -2.39. The van der Waals surface area contributed by atoms with Gasteiger partial charge in [0.25, 0.3) is 0 Å². The van der Waals surface area contributed by atoms with Crippen molar-refractivity contribution in [1.82, 2.24) is 25.1 Å². The molecule has 0 aromatic carbocycles. The van der Waals surface area contributed by atoms with E-state index in [9.17, 15) is 0 Å². The van der Waals surface area contributed by atoms with Crippen molar-refractivity contribution in [1.29, 1.82) is 0 Å². The first kappa shape index (κ1) is 26.2. The summed E-state index contributed by atoms with van der Waals surface area (Å²) in [4.78, 5) is 11.5. The molecule has 7 heteroatoms. The number of aliphatic imine (C=N–C) groups is 1.